The number of ether oxygens (including phenoxy) is 1. The van der Waals surface area contributed by atoms with Crippen LogP contribution in [0.1, 0.15) is 24.5 Å². The van der Waals surface area contributed by atoms with Crippen LogP contribution in [-0.2, 0) is 28.7 Å². The fourth-order valence-electron chi connectivity index (χ4n) is 5.11. The van der Waals surface area contributed by atoms with Gasteiger partial charge >= 0.3 is 5.97 Å². The Labute approximate surface area is 177 Å². The van der Waals surface area contributed by atoms with Crippen molar-refractivity contribution in [2.75, 3.05) is 33.4 Å². The van der Waals surface area contributed by atoms with Crippen molar-refractivity contribution < 1.29 is 38.2 Å². The van der Waals surface area contributed by atoms with E-state index in [9.17, 15) is 29.1 Å². The van der Waals surface area contributed by atoms with E-state index in [1.807, 2.05) is 0 Å². The number of hydrogen-bond acceptors (Lipinski definition) is 8. The van der Waals surface area contributed by atoms with Crippen LogP contribution >= 0.6 is 0 Å². The molecule has 11 heteroatoms. The summed E-state index contributed by atoms with van der Waals surface area (Å²) in [6.45, 7) is 1.86. The van der Waals surface area contributed by atoms with Gasteiger partial charge in [0.15, 0.2) is 0 Å². The lowest BCUT2D eigenvalue weighted by atomic mass is 9.79. The molecular weight excluding hydrogens is 410 g/mol. The largest absolute Gasteiger partial charge is 0.468 e. The molecule has 1 N–H and O–H groups in total. The second kappa shape index (κ2) is 7.19. The van der Waals surface area contributed by atoms with Gasteiger partial charge in [-0.05, 0) is 26.0 Å². The number of aliphatic hydroxyl groups excluding tert-OH is 1. The number of β-amino-alcohol motifs (C(OH)–C–C–N with tert-alkyl or cyclic N) is 1. The maximum absolute atomic E-state index is 13.4. The highest BCUT2D eigenvalue weighted by Gasteiger charge is 2.73. The van der Waals surface area contributed by atoms with Gasteiger partial charge in [-0.3, -0.25) is 28.9 Å². The van der Waals surface area contributed by atoms with Crippen molar-refractivity contribution >= 4 is 29.6 Å². The summed E-state index contributed by atoms with van der Waals surface area (Å²) in [6.07, 6.45) is 0. The quantitative estimate of drug-likeness (QED) is 0.453. The SMILES string of the molecule is COC(=O)CN1C(=O)[C@H]2[C@@H](c3ccc(C)o3)N3C(=O)CN(CCO)C(=O)[C@@]3(C)[C@H]2C1=O. The van der Waals surface area contributed by atoms with Crippen LogP contribution in [0, 0.1) is 18.8 Å². The number of nitrogens with zero attached hydrogens (tertiary/aromatic N) is 3. The summed E-state index contributed by atoms with van der Waals surface area (Å²) in [6, 6.07) is 2.30. The normalized spacial score (nSPS) is 30.2. The van der Waals surface area contributed by atoms with E-state index in [1.54, 1.807) is 19.1 Å². The number of methoxy groups -OCH3 is 1. The number of likely N-dealkylation sites (tertiary alicyclic amines) is 1. The second-order valence-electron chi connectivity index (χ2n) is 8.10. The molecule has 0 unspecified atom stereocenters. The van der Waals surface area contributed by atoms with Gasteiger partial charge < -0.3 is 24.1 Å². The number of furan rings is 1. The number of carbonyl (C=O) groups excluding carboxylic acids is 5. The minimum atomic E-state index is -1.67. The Kier molecular flexibility index (Phi) is 4.88. The molecule has 4 amide bonds. The molecule has 3 aliphatic heterocycles. The zero-order valence-electron chi connectivity index (χ0n) is 17.4. The molecule has 4 atom stereocenters. The summed E-state index contributed by atoms with van der Waals surface area (Å²) in [4.78, 5) is 68.3. The van der Waals surface area contributed by atoms with Gasteiger partial charge in [0.25, 0.3) is 0 Å². The van der Waals surface area contributed by atoms with E-state index in [0.29, 0.717) is 5.76 Å². The van der Waals surface area contributed by atoms with Gasteiger partial charge in [-0.15, -0.1) is 0 Å². The van der Waals surface area contributed by atoms with Gasteiger partial charge in [-0.1, -0.05) is 0 Å². The summed E-state index contributed by atoms with van der Waals surface area (Å²) in [5.41, 5.74) is -1.67. The predicted molar refractivity (Wildman–Crippen MR) is 101 cm³/mol. The van der Waals surface area contributed by atoms with Gasteiger partial charge in [-0.2, -0.15) is 0 Å². The lowest BCUT2D eigenvalue weighted by Crippen LogP contribution is -2.68. The van der Waals surface area contributed by atoms with Crippen molar-refractivity contribution in [2.24, 2.45) is 11.8 Å². The van der Waals surface area contributed by atoms with Crippen molar-refractivity contribution in [3.05, 3.63) is 23.7 Å². The van der Waals surface area contributed by atoms with Gasteiger partial charge in [0, 0.05) is 6.54 Å². The molecule has 11 nitrogen and oxygen atoms in total. The maximum Gasteiger partial charge on any atom is 0.325 e. The minimum absolute atomic E-state index is 0.0794. The summed E-state index contributed by atoms with van der Waals surface area (Å²) < 4.78 is 10.3. The van der Waals surface area contributed by atoms with E-state index in [0.717, 1.165) is 12.0 Å². The highest BCUT2D eigenvalue weighted by atomic mass is 16.5. The Balaban J connectivity index is 1.86. The van der Waals surface area contributed by atoms with Crippen molar-refractivity contribution in [2.45, 2.75) is 25.4 Å². The average Bonchev–Trinajstić information content (AvgIpc) is 3.35. The average molecular weight is 433 g/mol. The third-order valence-corrected chi connectivity index (χ3v) is 6.42. The first-order chi connectivity index (χ1) is 14.7. The zero-order chi connectivity index (χ0) is 22.7. The predicted octanol–water partition coefficient (Wildman–Crippen LogP) is -1.16. The minimum Gasteiger partial charge on any atom is -0.468 e. The number of aryl methyl sites for hydroxylation is 1. The van der Waals surface area contributed by atoms with Crippen LogP contribution < -0.4 is 0 Å². The van der Waals surface area contributed by atoms with Gasteiger partial charge in [0.2, 0.25) is 23.6 Å². The van der Waals surface area contributed by atoms with Crippen LogP contribution in [0.25, 0.3) is 0 Å². The molecule has 0 bridgehead atoms. The Morgan fingerprint density at radius 2 is 1.97 bits per heavy atom. The second-order valence-corrected chi connectivity index (χ2v) is 8.10. The lowest BCUT2D eigenvalue weighted by Gasteiger charge is -2.46. The molecule has 1 aromatic heterocycles. The van der Waals surface area contributed by atoms with Gasteiger partial charge in [0.1, 0.15) is 29.6 Å². The molecule has 4 rings (SSSR count). The molecular formula is C20H23N3O8. The molecule has 31 heavy (non-hydrogen) atoms. The zero-order valence-corrected chi connectivity index (χ0v) is 17.4. The molecule has 4 heterocycles. The number of rotatable bonds is 5. The van der Waals surface area contributed by atoms with Crippen LogP contribution in [0.2, 0.25) is 0 Å². The Bertz CT molecular complexity index is 987. The molecule has 0 aliphatic carbocycles. The first-order valence-electron chi connectivity index (χ1n) is 9.87. The van der Waals surface area contributed by atoms with E-state index in [1.165, 1.54) is 16.7 Å². The Morgan fingerprint density at radius 1 is 1.26 bits per heavy atom. The number of hydrogen-bond donors (Lipinski definition) is 1. The van der Waals surface area contributed by atoms with E-state index in [2.05, 4.69) is 4.74 Å². The van der Waals surface area contributed by atoms with Gasteiger partial charge in [0.05, 0.1) is 32.1 Å². The first-order valence-corrected chi connectivity index (χ1v) is 9.87. The number of carbonyl (C=O) groups is 5. The van der Waals surface area contributed by atoms with Crippen molar-refractivity contribution in [3.63, 3.8) is 0 Å². The van der Waals surface area contributed by atoms with Crippen LogP contribution in [0.15, 0.2) is 16.5 Å². The summed E-state index contributed by atoms with van der Waals surface area (Å²) in [5, 5.41) is 9.32. The third-order valence-electron chi connectivity index (χ3n) is 6.42. The summed E-state index contributed by atoms with van der Waals surface area (Å²) in [5.74, 6) is -4.60. The molecule has 0 aromatic carbocycles. The number of fused-ring (bicyclic) bond motifs is 3. The molecule has 3 saturated heterocycles. The number of aliphatic hydroxyl groups is 1. The lowest BCUT2D eigenvalue weighted by molar-refractivity contribution is -0.169. The Morgan fingerprint density at radius 3 is 2.55 bits per heavy atom. The molecule has 0 radical (unpaired) electrons. The molecule has 3 fully saturated rings. The first kappa shape index (κ1) is 21.0. The molecule has 1 aromatic rings. The van der Waals surface area contributed by atoms with E-state index >= 15 is 0 Å². The Hall–Kier alpha value is -3.21. The van der Waals surface area contributed by atoms with Crippen LogP contribution in [0.5, 0.6) is 0 Å². The van der Waals surface area contributed by atoms with Crippen molar-refractivity contribution in [3.8, 4) is 0 Å². The number of imide groups is 1. The van der Waals surface area contributed by atoms with Gasteiger partial charge in [-0.25, -0.2) is 0 Å². The molecule has 0 spiro atoms. The number of esters is 1. The van der Waals surface area contributed by atoms with E-state index in [4.69, 9.17) is 4.42 Å². The number of amides is 4. The summed E-state index contributed by atoms with van der Waals surface area (Å²) >= 11 is 0. The molecule has 3 aliphatic rings. The van der Waals surface area contributed by atoms with Crippen LogP contribution in [0.4, 0.5) is 0 Å². The third kappa shape index (κ3) is 2.79. The number of piperazine rings is 1. The molecule has 166 valence electrons. The smallest absolute Gasteiger partial charge is 0.325 e. The molecule has 0 saturated carbocycles. The maximum atomic E-state index is 13.4. The topological polar surface area (TPSA) is 138 Å². The highest BCUT2D eigenvalue weighted by Crippen LogP contribution is 2.56. The van der Waals surface area contributed by atoms with Crippen molar-refractivity contribution in [1.29, 1.82) is 0 Å². The highest BCUT2D eigenvalue weighted by molar-refractivity contribution is 6.13. The van der Waals surface area contributed by atoms with E-state index < -0.39 is 59.6 Å². The summed E-state index contributed by atoms with van der Waals surface area (Å²) in [7, 11) is 1.14. The van der Waals surface area contributed by atoms with Crippen LogP contribution in [0.3, 0.4) is 0 Å². The fourth-order valence-corrected chi connectivity index (χ4v) is 5.11. The standard InChI is InChI=1S/C20H23N3O8/c1-10-4-5-11(31-10)16-14-15(18(28)22(17(14)27)9-13(26)30-3)20(2)19(29)21(6-7-24)8-12(25)23(16)20/h4-5,14-16,24H,6-9H2,1-3H3/t14-,15-,16-,20-/m1/s1. The van der Waals surface area contributed by atoms with Crippen LogP contribution in [-0.4, -0.2) is 88.3 Å². The monoisotopic (exact) mass is 433 g/mol. The fraction of sp³-hybridized carbons (Fsp3) is 0.550. The van der Waals surface area contributed by atoms with Crippen molar-refractivity contribution in [1.82, 2.24) is 14.7 Å². The van der Waals surface area contributed by atoms with E-state index in [-0.39, 0.29) is 25.5 Å².